The van der Waals surface area contributed by atoms with Crippen molar-refractivity contribution < 1.29 is 4.42 Å². The zero-order valence-electron chi connectivity index (χ0n) is 31.2. The smallest absolute Gasteiger partial charge is 0.137 e. The quantitative estimate of drug-likeness (QED) is 0.163. The van der Waals surface area contributed by atoms with Crippen molar-refractivity contribution in [3.8, 4) is 33.4 Å². The van der Waals surface area contributed by atoms with Crippen LogP contribution in [0.15, 0.2) is 229 Å². The van der Waals surface area contributed by atoms with E-state index in [1.807, 2.05) is 0 Å². The van der Waals surface area contributed by atoms with Gasteiger partial charge in [-0.1, -0.05) is 170 Å². The molecule has 2 heteroatoms. The maximum atomic E-state index is 6.77. The van der Waals surface area contributed by atoms with Gasteiger partial charge in [0.25, 0.3) is 0 Å². The zero-order valence-corrected chi connectivity index (χ0v) is 31.2. The molecule has 0 spiro atoms. The normalized spacial score (nSPS) is 12.7. The van der Waals surface area contributed by atoms with Crippen molar-refractivity contribution in [3.05, 3.63) is 247 Å². The largest absolute Gasteiger partial charge is 0.456 e. The van der Waals surface area contributed by atoms with E-state index < -0.39 is 5.41 Å². The van der Waals surface area contributed by atoms with E-state index >= 15 is 0 Å². The molecule has 0 bridgehead atoms. The van der Waals surface area contributed by atoms with Crippen molar-refractivity contribution in [1.82, 2.24) is 0 Å². The third-order valence-electron chi connectivity index (χ3n) is 11.7. The van der Waals surface area contributed by atoms with Gasteiger partial charge in [-0.25, -0.2) is 0 Å². The van der Waals surface area contributed by atoms with Crippen LogP contribution < -0.4 is 4.90 Å². The molecule has 0 amide bonds. The molecule has 0 unspecified atom stereocenters. The summed E-state index contributed by atoms with van der Waals surface area (Å²) in [5, 5.41) is 2.20. The van der Waals surface area contributed by atoms with Gasteiger partial charge in [-0.3, -0.25) is 0 Å². The molecule has 10 aromatic rings. The minimum atomic E-state index is -0.476. The van der Waals surface area contributed by atoms with Crippen molar-refractivity contribution in [2.45, 2.75) is 5.41 Å². The number of hydrogen-bond donors (Lipinski definition) is 0. The summed E-state index contributed by atoms with van der Waals surface area (Å²) in [4.78, 5) is 2.34. The third-order valence-corrected chi connectivity index (χ3v) is 11.7. The van der Waals surface area contributed by atoms with E-state index in [4.69, 9.17) is 4.42 Å². The van der Waals surface area contributed by atoms with Crippen LogP contribution in [0.3, 0.4) is 0 Å². The molecular weight excluding hydrogens is 691 g/mol. The van der Waals surface area contributed by atoms with Gasteiger partial charge in [-0.05, 0) is 104 Å². The lowest BCUT2D eigenvalue weighted by molar-refractivity contribution is 0.668. The van der Waals surface area contributed by atoms with E-state index in [2.05, 4.69) is 229 Å². The summed E-state index contributed by atoms with van der Waals surface area (Å²) in [6, 6.07) is 81.0. The summed E-state index contributed by atoms with van der Waals surface area (Å²) >= 11 is 0. The molecule has 57 heavy (non-hydrogen) atoms. The van der Waals surface area contributed by atoms with Gasteiger partial charge in [-0.15, -0.1) is 0 Å². The Labute approximate surface area is 332 Å². The fourth-order valence-corrected chi connectivity index (χ4v) is 9.21. The highest BCUT2D eigenvalue weighted by molar-refractivity contribution is 6.07. The average Bonchev–Trinajstić information content (AvgIpc) is 3.81. The van der Waals surface area contributed by atoms with Gasteiger partial charge in [0, 0.05) is 33.9 Å². The predicted octanol–water partition coefficient (Wildman–Crippen LogP) is 14.8. The fourth-order valence-electron chi connectivity index (χ4n) is 9.21. The molecule has 1 aromatic heterocycles. The summed E-state index contributed by atoms with van der Waals surface area (Å²) in [5.41, 5.74) is 16.8. The first-order chi connectivity index (χ1) is 28.3. The van der Waals surface area contributed by atoms with Crippen LogP contribution in [0.5, 0.6) is 0 Å². The molecule has 1 aliphatic rings. The van der Waals surface area contributed by atoms with Crippen LogP contribution in [-0.2, 0) is 5.41 Å². The monoisotopic (exact) mass is 727 g/mol. The highest BCUT2D eigenvalue weighted by Gasteiger charge is 2.46. The number of nitrogens with zero attached hydrogens (tertiary/aromatic N) is 1. The summed E-state index contributed by atoms with van der Waals surface area (Å²) in [7, 11) is 0. The van der Waals surface area contributed by atoms with E-state index in [0.29, 0.717) is 0 Å². The molecule has 11 rings (SSSR count). The minimum absolute atomic E-state index is 0.476. The predicted molar refractivity (Wildman–Crippen MR) is 237 cm³/mol. The van der Waals surface area contributed by atoms with E-state index in [-0.39, 0.29) is 0 Å². The van der Waals surface area contributed by atoms with Gasteiger partial charge in [0.15, 0.2) is 0 Å². The number of fused-ring (bicyclic) bond motifs is 6. The lowest BCUT2D eigenvalue weighted by Gasteiger charge is -2.33. The average molecular weight is 728 g/mol. The first-order valence-electron chi connectivity index (χ1n) is 19.6. The zero-order chi connectivity index (χ0) is 37.8. The van der Waals surface area contributed by atoms with Gasteiger partial charge in [0.05, 0.1) is 5.41 Å². The van der Waals surface area contributed by atoms with Crippen molar-refractivity contribution in [3.63, 3.8) is 0 Å². The molecular formula is C55H37NO. The number of furan rings is 1. The topological polar surface area (TPSA) is 16.4 Å². The molecule has 0 aliphatic heterocycles. The van der Waals surface area contributed by atoms with E-state index in [1.165, 1.54) is 44.5 Å². The number of hydrogen-bond acceptors (Lipinski definition) is 2. The molecule has 0 saturated carbocycles. The maximum Gasteiger partial charge on any atom is 0.137 e. The second-order valence-electron chi connectivity index (χ2n) is 14.9. The molecule has 1 aliphatic carbocycles. The van der Waals surface area contributed by atoms with E-state index in [9.17, 15) is 0 Å². The van der Waals surface area contributed by atoms with Crippen LogP contribution in [0.2, 0.25) is 0 Å². The molecule has 0 N–H and O–H groups in total. The Kier molecular flexibility index (Phi) is 7.75. The van der Waals surface area contributed by atoms with Crippen LogP contribution in [0.25, 0.3) is 55.3 Å². The van der Waals surface area contributed by atoms with E-state index in [1.54, 1.807) is 0 Å². The summed E-state index contributed by atoms with van der Waals surface area (Å²) in [6.07, 6.45) is 0. The summed E-state index contributed by atoms with van der Waals surface area (Å²) in [5.74, 6) is 0. The van der Waals surface area contributed by atoms with Gasteiger partial charge in [-0.2, -0.15) is 0 Å². The minimum Gasteiger partial charge on any atom is -0.456 e. The second kappa shape index (κ2) is 13.4. The number of rotatable bonds is 7. The summed E-state index contributed by atoms with van der Waals surface area (Å²) in [6.45, 7) is 0. The molecule has 2 nitrogen and oxygen atoms in total. The Morgan fingerprint density at radius 1 is 0.316 bits per heavy atom. The highest BCUT2D eigenvalue weighted by Crippen LogP contribution is 2.56. The van der Waals surface area contributed by atoms with Crippen molar-refractivity contribution in [2.75, 3.05) is 4.90 Å². The van der Waals surface area contributed by atoms with Gasteiger partial charge < -0.3 is 9.32 Å². The summed E-state index contributed by atoms with van der Waals surface area (Å²) < 4.78 is 6.77. The van der Waals surface area contributed by atoms with Crippen molar-refractivity contribution in [2.24, 2.45) is 0 Å². The van der Waals surface area contributed by atoms with Crippen LogP contribution >= 0.6 is 0 Å². The lowest BCUT2D eigenvalue weighted by atomic mass is 9.67. The fraction of sp³-hybridized carbons (Fsp3) is 0.0182. The molecule has 9 aromatic carbocycles. The second-order valence-corrected chi connectivity index (χ2v) is 14.9. The Morgan fingerprint density at radius 3 is 1.42 bits per heavy atom. The van der Waals surface area contributed by atoms with Crippen LogP contribution in [-0.4, -0.2) is 0 Å². The van der Waals surface area contributed by atoms with Gasteiger partial charge in [0.1, 0.15) is 11.2 Å². The number of benzene rings is 9. The molecule has 0 fully saturated rings. The standard InChI is InChI=1S/C55H37NO/c1-4-16-38(17-5-1)40-20-14-24-44(34-40)56(45-25-15-21-41(35-45)39-18-6-2-7-19-39)46-31-32-49-50-36-43(30-33-53(50)57-54(49)37-46)55(42-22-8-3-9-23-42)51-28-12-10-26-47(51)48-27-11-13-29-52(48)55/h1-37H. The van der Waals surface area contributed by atoms with Crippen molar-refractivity contribution >= 4 is 39.0 Å². The first kappa shape index (κ1) is 33.0. The number of anilines is 3. The van der Waals surface area contributed by atoms with Crippen LogP contribution in [0, 0.1) is 0 Å². The highest BCUT2D eigenvalue weighted by atomic mass is 16.3. The SMILES string of the molecule is c1ccc(-c2cccc(N(c3cccc(-c4ccccc4)c3)c3ccc4c(c3)oc3ccc(C5(c6ccccc6)c6ccccc6-c6ccccc65)cc34)c2)cc1. The Balaban J connectivity index is 1.09. The third kappa shape index (κ3) is 5.33. The molecule has 0 atom stereocenters. The Hall–Kier alpha value is -7.42. The van der Waals surface area contributed by atoms with Gasteiger partial charge >= 0.3 is 0 Å². The van der Waals surface area contributed by atoms with Gasteiger partial charge in [0.2, 0.25) is 0 Å². The molecule has 0 saturated heterocycles. The lowest BCUT2D eigenvalue weighted by Crippen LogP contribution is -2.28. The van der Waals surface area contributed by atoms with Crippen LogP contribution in [0.4, 0.5) is 17.1 Å². The van der Waals surface area contributed by atoms with Crippen molar-refractivity contribution in [1.29, 1.82) is 0 Å². The van der Waals surface area contributed by atoms with E-state index in [0.717, 1.165) is 50.1 Å². The maximum absolute atomic E-state index is 6.77. The molecule has 0 radical (unpaired) electrons. The van der Waals surface area contributed by atoms with Crippen LogP contribution in [0.1, 0.15) is 22.3 Å². The molecule has 268 valence electrons. The Morgan fingerprint density at radius 2 is 0.825 bits per heavy atom. The first-order valence-corrected chi connectivity index (χ1v) is 19.6. The Bertz CT molecular complexity index is 2940. The molecule has 1 heterocycles.